The summed E-state index contributed by atoms with van der Waals surface area (Å²) >= 11 is 0. The number of aliphatic hydroxyl groups excluding tert-OH is 1. The molecular weight excluding hydrogens is 248 g/mol. The van der Waals surface area contributed by atoms with Crippen LogP contribution < -0.4 is 5.73 Å². The van der Waals surface area contributed by atoms with Gasteiger partial charge in [0.05, 0.1) is 12.1 Å². The van der Waals surface area contributed by atoms with E-state index in [2.05, 4.69) is 0 Å². The minimum Gasteiger partial charge on any atom is -0.391 e. The summed E-state index contributed by atoms with van der Waals surface area (Å²) in [5.41, 5.74) is 6.59. The molecule has 0 spiro atoms. The monoisotopic (exact) mass is 263 g/mol. The maximum Gasteiger partial charge on any atom is 0.159 e. The van der Waals surface area contributed by atoms with Crippen LogP contribution in [-0.2, 0) is 5.41 Å². The lowest BCUT2D eigenvalue weighted by Gasteiger charge is -2.39. The number of hydrogen-bond donors (Lipinski definition) is 2. The summed E-state index contributed by atoms with van der Waals surface area (Å²) in [5.74, 6) is -1.78. The highest BCUT2D eigenvalue weighted by atomic mass is 35.5. The van der Waals surface area contributed by atoms with E-state index in [9.17, 15) is 13.9 Å². The number of nitrogens with two attached hydrogens (primary N) is 1. The first-order valence-electron chi connectivity index (χ1n) is 5.26. The lowest BCUT2D eigenvalue weighted by molar-refractivity contribution is 0.0990. The van der Waals surface area contributed by atoms with E-state index in [-0.39, 0.29) is 17.8 Å². The third-order valence-corrected chi connectivity index (χ3v) is 3.31. The smallest absolute Gasteiger partial charge is 0.159 e. The van der Waals surface area contributed by atoms with E-state index in [1.54, 1.807) is 0 Å². The van der Waals surface area contributed by atoms with Crippen molar-refractivity contribution in [3.8, 4) is 0 Å². The molecule has 1 aliphatic rings. The fourth-order valence-corrected chi connectivity index (χ4v) is 2.39. The molecule has 2 unspecified atom stereocenters. The minimum atomic E-state index is -0.917. The van der Waals surface area contributed by atoms with E-state index in [0.717, 1.165) is 6.07 Å². The number of halogens is 3. The van der Waals surface area contributed by atoms with Crippen molar-refractivity contribution in [3.05, 3.63) is 34.9 Å². The Hall–Kier alpha value is -0.710. The average molecular weight is 264 g/mol. The third kappa shape index (κ3) is 2.30. The van der Waals surface area contributed by atoms with Crippen molar-refractivity contribution in [2.45, 2.75) is 37.8 Å². The molecule has 96 valence electrons. The Morgan fingerprint density at radius 1 is 1.29 bits per heavy atom. The highest BCUT2D eigenvalue weighted by Crippen LogP contribution is 2.41. The molecule has 0 amide bonds. The highest BCUT2D eigenvalue weighted by Gasteiger charge is 2.37. The molecule has 2 atom stereocenters. The van der Waals surface area contributed by atoms with Crippen molar-refractivity contribution in [1.82, 2.24) is 0 Å². The lowest BCUT2D eigenvalue weighted by Crippen LogP contribution is -2.40. The number of fused-ring (bicyclic) bond motifs is 1. The van der Waals surface area contributed by atoms with Gasteiger partial charge in [0.1, 0.15) is 0 Å². The molecule has 17 heavy (non-hydrogen) atoms. The lowest BCUT2D eigenvalue weighted by atomic mass is 9.70. The first kappa shape index (κ1) is 14.4. The van der Waals surface area contributed by atoms with Crippen molar-refractivity contribution in [2.75, 3.05) is 0 Å². The Labute approximate surface area is 105 Å². The molecule has 3 N–H and O–H groups in total. The topological polar surface area (TPSA) is 46.2 Å². The van der Waals surface area contributed by atoms with Crippen LogP contribution in [0.1, 0.15) is 37.4 Å². The molecule has 2 rings (SSSR count). The van der Waals surface area contributed by atoms with E-state index in [1.807, 2.05) is 13.8 Å². The van der Waals surface area contributed by atoms with Gasteiger partial charge in [-0.3, -0.25) is 0 Å². The van der Waals surface area contributed by atoms with Crippen LogP contribution in [0.2, 0.25) is 0 Å². The number of benzene rings is 1. The molecule has 0 fully saturated rings. The van der Waals surface area contributed by atoms with Crippen LogP contribution in [0.15, 0.2) is 12.1 Å². The molecule has 1 aromatic rings. The number of aliphatic hydroxyl groups is 1. The van der Waals surface area contributed by atoms with Gasteiger partial charge in [-0.15, -0.1) is 12.4 Å². The summed E-state index contributed by atoms with van der Waals surface area (Å²) in [6.07, 6.45) is -0.265. The van der Waals surface area contributed by atoms with Gasteiger partial charge >= 0.3 is 0 Å². The number of hydrogen-bond acceptors (Lipinski definition) is 2. The second kappa shape index (κ2) is 4.52. The van der Waals surface area contributed by atoms with Crippen molar-refractivity contribution >= 4 is 12.4 Å². The highest BCUT2D eigenvalue weighted by molar-refractivity contribution is 5.85. The van der Waals surface area contributed by atoms with Crippen molar-refractivity contribution in [1.29, 1.82) is 0 Å². The summed E-state index contributed by atoms with van der Waals surface area (Å²) < 4.78 is 26.3. The van der Waals surface area contributed by atoms with Crippen molar-refractivity contribution < 1.29 is 13.9 Å². The van der Waals surface area contributed by atoms with Gasteiger partial charge in [0.25, 0.3) is 0 Å². The molecular formula is C12H16ClF2NO. The Balaban J connectivity index is 0.00000144. The summed E-state index contributed by atoms with van der Waals surface area (Å²) in [7, 11) is 0. The molecule has 2 nitrogen and oxygen atoms in total. The quantitative estimate of drug-likeness (QED) is 0.755. The van der Waals surface area contributed by atoms with Gasteiger partial charge in [0, 0.05) is 0 Å². The Morgan fingerprint density at radius 3 is 2.41 bits per heavy atom. The standard InChI is InChI=1S/C12H15F2NO.ClH/c1-12(2)5-10(16)11(15)6-3-8(13)9(14)4-7(6)12;/h3-4,10-11,16H,5,15H2,1-2H3;1H. The maximum absolute atomic E-state index is 13.2. The van der Waals surface area contributed by atoms with E-state index >= 15 is 0 Å². The van der Waals surface area contributed by atoms with E-state index in [0.29, 0.717) is 17.5 Å². The SMILES string of the molecule is CC1(C)CC(O)C(N)c2cc(F)c(F)cc21.Cl. The van der Waals surface area contributed by atoms with Gasteiger partial charge in [0.15, 0.2) is 11.6 Å². The van der Waals surface area contributed by atoms with Crippen LogP contribution in [0.25, 0.3) is 0 Å². The predicted molar refractivity (Wildman–Crippen MR) is 64.2 cm³/mol. The van der Waals surface area contributed by atoms with Crippen LogP contribution >= 0.6 is 12.4 Å². The van der Waals surface area contributed by atoms with Crippen molar-refractivity contribution in [3.63, 3.8) is 0 Å². The third-order valence-electron chi connectivity index (χ3n) is 3.31. The Kier molecular flexibility index (Phi) is 3.81. The van der Waals surface area contributed by atoms with Crippen LogP contribution in [-0.4, -0.2) is 11.2 Å². The molecule has 0 saturated heterocycles. The fourth-order valence-electron chi connectivity index (χ4n) is 2.39. The molecule has 1 aromatic carbocycles. The summed E-state index contributed by atoms with van der Waals surface area (Å²) in [5, 5.41) is 9.78. The molecule has 0 heterocycles. The van der Waals surface area contributed by atoms with E-state index < -0.39 is 23.8 Å². The van der Waals surface area contributed by atoms with Crippen LogP contribution in [0, 0.1) is 11.6 Å². The van der Waals surface area contributed by atoms with Gasteiger partial charge in [-0.2, -0.15) is 0 Å². The van der Waals surface area contributed by atoms with Crippen LogP contribution in [0.4, 0.5) is 8.78 Å². The Morgan fingerprint density at radius 2 is 1.82 bits per heavy atom. The minimum absolute atomic E-state index is 0. The molecule has 0 saturated carbocycles. The average Bonchev–Trinajstić information content (AvgIpc) is 2.17. The van der Waals surface area contributed by atoms with E-state index in [4.69, 9.17) is 5.73 Å². The summed E-state index contributed by atoms with van der Waals surface area (Å²) in [6, 6.07) is 1.65. The van der Waals surface area contributed by atoms with Gasteiger partial charge in [0.2, 0.25) is 0 Å². The normalized spacial score (nSPS) is 26.0. The first-order chi connectivity index (χ1) is 7.33. The molecule has 0 aromatic heterocycles. The van der Waals surface area contributed by atoms with Crippen LogP contribution in [0.3, 0.4) is 0 Å². The largest absolute Gasteiger partial charge is 0.391 e. The van der Waals surface area contributed by atoms with Gasteiger partial charge < -0.3 is 10.8 Å². The van der Waals surface area contributed by atoms with Crippen LogP contribution in [0.5, 0.6) is 0 Å². The fraction of sp³-hybridized carbons (Fsp3) is 0.500. The van der Waals surface area contributed by atoms with E-state index in [1.165, 1.54) is 6.07 Å². The zero-order valence-electron chi connectivity index (χ0n) is 9.71. The maximum atomic E-state index is 13.2. The second-order valence-electron chi connectivity index (χ2n) is 5.03. The zero-order valence-corrected chi connectivity index (χ0v) is 10.5. The molecule has 5 heteroatoms. The first-order valence-corrected chi connectivity index (χ1v) is 5.26. The molecule has 0 bridgehead atoms. The van der Waals surface area contributed by atoms with Crippen molar-refractivity contribution in [2.24, 2.45) is 5.73 Å². The predicted octanol–water partition coefficient (Wildman–Crippen LogP) is 2.43. The van der Waals surface area contributed by atoms with Gasteiger partial charge in [-0.1, -0.05) is 13.8 Å². The Bertz CT molecular complexity index is 437. The molecule has 1 aliphatic carbocycles. The number of rotatable bonds is 0. The van der Waals surface area contributed by atoms with Gasteiger partial charge in [-0.25, -0.2) is 8.78 Å². The summed E-state index contributed by atoms with van der Waals surface area (Å²) in [6.45, 7) is 3.77. The second-order valence-corrected chi connectivity index (χ2v) is 5.03. The van der Waals surface area contributed by atoms with Gasteiger partial charge in [-0.05, 0) is 35.1 Å². The zero-order chi connectivity index (χ0) is 12.1. The molecule has 0 aliphatic heterocycles. The molecule has 0 radical (unpaired) electrons. The summed E-state index contributed by atoms with van der Waals surface area (Å²) in [4.78, 5) is 0.